The number of hydrogen-bond acceptors (Lipinski definition) is 4. The standard InChI is InChI=1S/C22H20N4O3/c1-14-19(22(29)26(25(14)3)15-9-5-4-6-10-15)23-13-18-16-11-7-8-12-17(16)20(27)24(2)21(18)28/h4-13,28H,1-3H3. The second-order valence-corrected chi connectivity index (χ2v) is 6.82. The molecule has 0 fully saturated rings. The fraction of sp³-hybridized carbons (Fsp3) is 0.136. The number of rotatable bonds is 3. The molecule has 29 heavy (non-hydrogen) atoms. The smallest absolute Gasteiger partial charge is 0.297 e. The third-order valence-electron chi connectivity index (χ3n) is 5.16. The van der Waals surface area contributed by atoms with Crippen molar-refractivity contribution in [2.24, 2.45) is 19.1 Å². The maximum atomic E-state index is 13.0. The number of para-hydroxylation sites is 1. The number of nitrogens with zero attached hydrogens (tertiary/aromatic N) is 4. The molecular formula is C22H20N4O3. The van der Waals surface area contributed by atoms with Crippen LogP contribution in [0.3, 0.4) is 0 Å². The van der Waals surface area contributed by atoms with E-state index in [1.54, 1.807) is 40.7 Å². The molecule has 0 unspecified atom stereocenters. The quantitative estimate of drug-likeness (QED) is 0.548. The molecule has 0 atom stereocenters. The number of pyridine rings is 1. The first-order valence-electron chi connectivity index (χ1n) is 9.10. The summed E-state index contributed by atoms with van der Waals surface area (Å²) in [6.45, 7) is 1.81. The highest BCUT2D eigenvalue weighted by Gasteiger charge is 2.16. The molecule has 0 aliphatic rings. The van der Waals surface area contributed by atoms with E-state index in [9.17, 15) is 14.7 Å². The number of aromatic nitrogens is 3. The molecule has 0 saturated heterocycles. The minimum Gasteiger partial charge on any atom is -0.494 e. The van der Waals surface area contributed by atoms with E-state index >= 15 is 0 Å². The zero-order chi connectivity index (χ0) is 20.7. The van der Waals surface area contributed by atoms with Gasteiger partial charge in [-0.15, -0.1) is 0 Å². The average Bonchev–Trinajstić information content (AvgIpc) is 2.95. The number of benzene rings is 2. The van der Waals surface area contributed by atoms with Gasteiger partial charge >= 0.3 is 0 Å². The summed E-state index contributed by atoms with van der Waals surface area (Å²) in [5.41, 5.74) is 1.52. The van der Waals surface area contributed by atoms with Crippen molar-refractivity contribution in [2.45, 2.75) is 6.92 Å². The van der Waals surface area contributed by atoms with Gasteiger partial charge < -0.3 is 5.11 Å². The lowest BCUT2D eigenvalue weighted by Crippen LogP contribution is -2.19. The average molecular weight is 388 g/mol. The molecule has 0 bridgehead atoms. The van der Waals surface area contributed by atoms with Crippen LogP contribution in [0.5, 0.6) is 5.88 Å². The highest BCUT2D eigenvalue weighted by atomic mass is 16.3. The molecule has 0 amide bonds. The van der Waals surface area contributed by atoms with Gasteiger partial charge in [0.15, 0.2) is 5.69 Å². The van der Waals surface area contributed by atoms with Crippen LogP contribution in [0.25, 0.3) is 16.5 Å². The topological polar surface area (TPSA) is 81.5 Å². The first-order valence-corrected chi connectivity index (χ1v) is 9.10. The van der Waals surface area contributed by atoms with E-state index in [1.165, 1.54) is 17.8 Å². The lowest BCUT2D eigenvalue weighted by Gasteiger charge is -2.09. The summed E-state index contributed by atoms with van der Waals surface area (Å²) in [6.07, 6.45) is 1.44. The first-order chi connectivity index (χ1) is 13.9. The summed E-state index contributed by atoms with van der Waals surface area (Å²) < 4.78 is 4.45. The van der Waals surface area contributed by atoms with Crippen LogP contribution in [0.4, 0.5) is 5.69 Å². The molecule has 1 N–H and O–H groups in total. The minimum absolute atomic E-state index is 0.200. The second kappa shape index (κ2) is 6.94. The van der Waals surface area contributed by atoms with Gasteiger partial charge in [-0.05, 0) is 25.1 Å². The summed E-state index contributed by atoms with van der Waals surface area (Å²) in [7, 11) is 3.29. The molecule has 4 rings (SSSR count). The largest absolute Gasteiger partial charge is 0.494 e. The van der Waals surface area contributed by atoms with Gasteiger partial charge in [-0.2, -0.15) is 0 Å². The van der Waals surface area contributed by atoms with Gasteiger partial charge in [-0.1, -0.05) is 36.4 Å². The SMILES string of the molecule is Cc1c(N=Cc2c(O)n(C)c(=O)c3ccccc23)c(=O)n(-c2ccccc2)n1C. The Balaban J connectivity index is 1.91. The molecule has 0 aliphatic heterocycles. The van der Waals surface area contributed by atoms with Crippen LogP contribution < -0.4 is 11.1 Å². The van der Waals surface area contributed by atoms with Crippen molar-refractivity contribution >= 4 is 22.7 Å². The van der Waals surface area contributed by atoms with Crippen molar-refractivity contribution < 1.29 is 5.11 Å². The van der Waals surface area contributed by atoms with Gasteiger partial charge in [0, 0.05) is 31.1 Å². The Morgan fingerprint density at radius 1 is 0.897 bits per heavy atom. The van der Waals surface area contributed by atoms with Crippen molar-refractivity contribution in [3.63, 3.8) is 0 Å². The molecule has 0 spiro atoms. The van der Waals surface area contributed by atoms with E-state index in [4.69, 9.17) is 0 Å². The monoisotopic (exact) mass is 388 g/mol. The number of aromatic hydroxyl groups is 1. The van der Waals surface area contributed by atoms with Crippen LogP contribution in [-0.4, -0.2) is 25.3 Å². The van der Waals surface area contributed by atoms with Crippen LogP contribution in [0.2, 0.25) is 0 Å². The summed E-state index contributed by atoms with van der Waals surface area (Å²) in [4.78, 5) is 29.8. The molecule has 0 saturated carbocycles. The van der Waals surface area contributed by atoms with Gasteiger partial charge in [0.05, 0.1) is 16.9 Å². The highest BCUT2D eigenvalue weighted by Crippen LogP contribution is 2.24. The predicted molar refractivity (Wildman–Crippen MR) is 114 cm³/mol. The molecule has 2 heterocycles. The van der Waals surface area contributed by atoms with Gasteiger partial charge in [0.1, 0.15) is 0 Å². The van der Waals surface area contributed by atoms with Crippen LogP contribution in [-0.2, 0) is 14.1 Å². The Labute approximate surface area is 166 Å². The van der Waals surface area contributed by atoms with Gasteiger partial charge in [-0.3, -0.25) is 18.8 Å². The maximum absolute atomic E-state index is 13.0. The van der Waals surface area contributed by atoms with E-state index in [-0.39, 0.29) is 22.7 Å². The van der Waals surface area contributed by atoms with Crippen LogP contribution in [0.1, 0.15) is 11.3 Å². The molecule has 7 heteroatoms. The molecule has 2 aromatic carbocycles. The normalized spacial score (nSPS) is 11.6. The van der Waals surface area contributed by atoms with Crippen molar-refractivity contribution in [3.05, 3.63) is 86.6 Å². The Hall–Kier alpha value is -3.87. The summed E-state index contributed by atoms with van der Waals surface area (Å²) in [5.74, 6) is -0.200. The molecule has 146 valence electrons. The van der Waals surface area contributed by atoms with Gasteiger partial charge in [-0.25, -0.2) is 9.67 Å². The summed E-state index contributed by atoms with van der Waals surface area (Å²) in [6, 6.07) is 16.3. The molecular weight excluding hydrogens is 368 g/mol. The fourth-order valence-electron chi connectivity index (χ4n) is 3.44. The molecule has 0 aliphatic carbocycles. The molecule has 2 aromatic heterocycles. The molecule has 0 radical (unpaired) electrons. The van der Waals surface area contributed by atoms with Crippen LogP contribution in [0, 0.1) is 6.92 Å². The molecule has 4 aromatic rings. The van der Waals surface area contributed by atoms with E-state index in [1.807, 2.05) is 37.3 Å². The highest BCUT2D eigenvalue weighted by molar-refractivity contribution is 6.02. The molecule has 7 nitrogen and oxygen atoms in total. The predicted octanol–water partition coefficient (Wildman–Crippen LogP) is 2.79. The van der Waals surface area contributed by atoms with E-state index in [0.717, 1.165) is 5.69 Å². The van der Waals surface area contributed by atoms with Crippen LogP contribution in [0.15, 0.2) is 69.2 Å². The number of aliphatic imine (C=N–C) groups is 1. The lowest BCUT2D eigenvalue weighted by molar-refractivity contribution is 0.424. The van der Waals surface area contributed by atoms with Crippen molar-refractivity contribution in [1.82, 2.24) is 13.9 Å². The lowest BCUT2D eigenvalue weighted by atomic mass is 10.1. The Kier molecular flexibility index (Phi) is 4.43. The number of hydrogen-bond donors (Lipinski definition) is 1. The Morgan fingerprint density at radius 2 is 1.52 bits per heavy atom. The first kappa shape index (κ1) is 18.5. The number of fused-ring (bicyclic) bond motifs is 1. The van der Waals surface area contributed by atoms with Crippen molar-refractivity contribution in [2.75, 3.05) is 0 Å². The Bertz CT molecular complexity index is 1380. The Morgan fingerprint density at radius 3 is 2.21 bits per heavy atom. The fourth-order valence-corrected chi connectivity index (χ4v) is 3.44. The zero-order valence-electron chi connectivity index (χ0n) is 16.3. The van der Waals surface area contributed by atoms with E-state index in [2.05, 4.69) is 4.99 Å². The van der Waals surface area contributed by atoms with Crippen molar-refractivity contribution in [3.8, 4) is 11.6 Å². The maximum Gasteiger partial charge on any atom is 0.297 e. The van der Waals surface area contributed by atoms with Gasteiger partial charge in [0.25, 0.3) is 11.1 Å². The van der Waals surface area contributed by atoms with Crippen LogP contribution >= 0.6 is 0 Å². The minimum atomic E-state index is -0.294. The summed E-state index contributed by atoms with van der Waals surface area (Å²) in [5, 5.41) is 11.6. The zero-order valence-corrected chi connectivity index (χ0v) is 16.3. The van der Waals surface area contributed by atoms with E-state index in [0.29, 0.717) is 22.0 Å². The summed E-state index contributed by atoms with van der Waals surface area (Å²) >= 11 is 0. The van der Waals surface area contributed by atoms with Gasteiger partial charge in [0.2, 0.25) is 5.88 Å². The van der Waals surface area contributed by atoms with E-state index < -0.39 is 0 Å². The van der Waals surface area contributed by atoms with Crippen molar-refractivity contribution in [1.29, 1.82) is 0 Å². The third-order valence-corrected chi connectivity index (χ3v) is 5.16. The third kappa shape index (κ3) is 2.87. The second-order valence-electron chi connectivity index (χ2n) is 6.82.